The van der Waals surface area contributed by atoms with Crippen molar-refractivity contribution in [1.29, 1.82) is 0 Å². The predicted molar refractivity (Wildman–Crippen MR) is 104 cm³/mol. The Labute approximate surface area is 163 Å². The zero-order valence-corrected chi connectivity index (χ0v) is 16.8. The summed E-state index contributed by atoms with van der Waals surface area (Å²) in [6.07, 6.45) is 0. The second-order valence-corrected chi connectivity index (χ2v) is 8.26. The number of ether oxygens (including phenoxy) is 2. The molecular weight excluding hydrogens is 502 g/mol. The highest BCUT2D eigenvalue weighted by Gasteiger charge is 2.35. The molecule has 0 spiro atoms. The topological polar surface area (TPSA) is 21.7 Å². The highest BCUT2D eigenvalue weighted by Crippen LogP contribution is 2.60. The van der Waals surface area contributed by atoms with Crippen LogP contribution in [-0.2, 0) is 0 Å². The molecule has 118 valence electrons. The number of benzene rings is 3. The molecule has 0 atom stereocenters. The van der Waals surface area contributed by atoms with Crippen molar-refractivity contribution in [1.82, 2.24) is 0 Å². The van der Waals surface area contributed by atoms with Gasteiger partial charge in [-0.05, 0) is 48.5 Å². The lowest BCUT2D eigenvalue weighted by Crippen LogP contribution is -2.20. The molecule has 0 saturated carbocycles. The van der Waals surface area contributed by atoms with Gasteiger partial charge in [0, 0.05) is 13.4 Å². The summed E-state index contributed by atoms with van der Waals surface area (Å²) < 4.78 is 15.1. The Balaban J connectivity index is 1.85. The minimum absolute atomic E-state index is 0.763. The molecule has 0 aromatic heterocycles. The monoisotopic (exact) mass is 507 g/mol. The van der Waals surface area contributed by atoms with Crippen molar-refractivity contribution in [3.05, 3.63) is 61.9 Å². The number of anilines is 3. The molecule has 2 aliphatic rings. The van der Waals surface area contributed by atoms with E-state index in [1.807, 2.05) is 48.5 Å². The Morgan fingerprint density at radius 2 is 1.04 bits per heavy atom. The molecular formula is C18H8Br3NO2. The molecule has 2 aliphatic heterocycles. The van der Waals surface area contributed by atoms with Gasteiger partial charge in [0.05, 0.1) is 11.4 Å². The van der Waals surface area contributed by atoms with Crippen LogP contribution in [0.4, 0.5) is 17.1 Å². The summed E-state index contributed by atoms with van der Waals surface area (Å²) in [5.41, 5.74) is 2.89. The number of rotatable bonds is 0. The fraction of sp³-hybridized carbons (Fsp3) is 0. The molecule has 3 nitrogen and oxygen atoms in total. The number of hydrogen-bond acceptors (Lipinski definition) is 3. The fourth-order valence-electron chi connectivity index (χ4n) is 3.04. The molecule has 0 bridgehead atoms. The molecule has 0 N–H and O–H groups in total. The van der Waals surface area contributed by atoms with Gasteiger partial charge in [0.15, 0.2) is 23.0 Å². The number of nitrogens with zero attached hydrogens (tertiary/aromatic N) is 1. The maximum Gasteiger partial charge on any atom is 0.156 e. The molecule has 0 fully saturated rings. The van der Waals surface area contributed by atoms with Gasteiger partial charge in [-0.15, -0.1) is 0 Å². The molecule has 0 aliphatic carbocycles. The standard InChI is InChI=1S/C18H8Br3NO2/c19-9-1-3-12-14(5-9)23-16-7-11(21)8-17-18(16)22(12)13-4-2-10(20)6-15(13)24-17/h1-8H. The molecule has 2 heterocycles. The van der Waals surface area contributed by atoms with Gasteiger partial charge in [0.1, 0.15) is 5.69 Å². The summed E-state index contributed by atoms with van der Waals surface area (Å²) >= 11 is 10.6. The van der Waals surface area contributed by atoms with E-state index in [0.717, 1.165) is 53.5 Å². The van der Waals surface area contributed by atoms with E-state index in [9.17, 15) is 0 Å². The van der Waals surface area contributed by atoms with Crippen molar-refractivity contribution >= 4 is 64.9 Å². The smallest absolute Gasteiger partial charge is 0.156 e. The van der Waals surface area contributed by atoms with Gasteiger partial charge < -0.3 is 9.47 Å². The third-order valence-corrected chi connectivity index (χ3v) is 5.44. The zero-order chi connectivity index (χ0) is 16.4. The third-order valence-electron chi connectivity index (χ3n) is 3.99. The van der Waals surface area contributed by atoms with Gasteiger partial charge in [-0.3, -0.25) is 4.90 Å². The lowest BCUT2D eigenvalue weighted by Gasteiger charge is -2.38. The van der Waals surface area contributed by atoms with Crippen molar-refractivity contribution in [2.75, 3.05) is 4.90 Å². The average Bonchev–Trinajstić information content (AvgIpc) is 2.53. The van der Waals surface area contributed by atoms with Crippen LogP contribution in [0.25, 0.3) is 0 Å². The Hall–Kier alpha value is -1.50. The molecule has 0 radical (unpaired) electrons. The molecule has 24 heavy (non-hydrogen) atoms. The van der Waals surface area contributed by atoms with E-state index in [-0.39, 0.29) is 0 Å². The molecule has 3 aromatic carbocycles. The van der Waals surface area contributed by atoms with E-state index in [1.54, 1.807) is 0 Å². The summed E-state index contributed by atoms with van der Waals surface area (Å²) in [4.78, 5) is 2.19. The normalized spacial score (nSPS) is 13.4. The SMILES string of the molecule is Brc1ccc2c(c1)Oc1cc(Br)cc3c1N2c1ccc(Br)cc1O3. The first-order valence-electron chi connectivity index (χ1n) is 7.19. The quantitative estimate of drug-likeness (QED) is 0.214. The molecule has 6 heteroatoms. The van der Waals surface area contributed by atoms with Crippen LogP contribution >= 0.6 is 47.8 Å². The highest BCUT2D eigenvalue weighted by molar-refractivity contribution is 9.11. The molecule has 0 unspecified atom stereocenters. The molecule has 0 amide bonds. The van der Waals surface area contributed by atoms with Gasteiger partial charge in [0.2, 0.25) is 0 Å². The lowest BCUT2D eigenvalue weighted by molar-refractivity contribution is 0.445. The first-order chi connectivity index (χ1) is 11.6. The van der Waals surface area contributed by atoms with Crippen LogP contribution in [0.15, 0.2) is 61.9 Å². The van der Waals surface area contributed by atoms with Gasteiger partial charge in [-0.25, -0.2) is 0 Å². The second-order valence-electron chi connectivity index (χ2n) is 5.51. The second kappa shape index (κ2) is 5.25. The first-order valence-corrected chi connectivity index (χ1v) is 9.56. The van der Waals surface area contributed by atoms with Crippen LogP contribution in [0, 0.1) is 0 Å². The van der Waals surface area contributed by atoms with Crippen LogP contribution < -0.4 is 14.4 Å². The maximum absolute atomic E-state index is 6.13. The average molecular weight is 510 g/mol. The Morgan fingerprint density at radius 3 is 1.54 bits per heavy atom. The minimum atomic E-state index is 0.763. The van der Waals surface area contributed by atoms with Crippen molar-refractivity contribution in [3.8, 4) is 23.0 Å². The van der Waals surface area contributed by atoms with Crippen molar-refractivity contribution < 1.29 is 9.47 Å². The third kappa shape index (κ3) is 2.13. The van der Waals surface area contributed by atoms with Gasteiger partial charge in [-0.2, -0.15) is 0 Å². The summed E-state index contributed by atoms with van der Waals surface area (Å²) in [6, 6.07) is 16.0. The van der Waals surface area contributed by atoms with E-state index >= 15 is 0 Å². The lowest BCUT2D eigenvalue weighted by atomic mass is 10.1. The van der Waals surface area contributed by atoms with E-state index in [1.165, 1.54) is 0 Å². The molecule has 3 aromatic rings. The van der Waals surface area contributed by atoms with Gasteiger partial charge >= 0.3 is 0 Å². The highest BCUT2D eigenvalue weighted by atomic mass is 79.9. The van der Waals surface area contributed by atoms with Crippen molar-refractivity contribution in [3.63, 3.8) is 0 Å². The van der Waals surface area contributed by atoms with Crippen LogP contribution in [0.1, 0.15) is 0 Å². The maximum atomic E-state index is 6.13. The van der Waals surface area contributed by atoms with Crippen LogP contribution in [-0.4, -0.2) is 0 Å². The van der Waals surface area contributed by atoms with Gasteiger partial charge in [-0.1, -0.05) is 47.8 Å². The van der Waals surface area contributed by atoms with Gasteiger partial charge in [0.25, 0.3) is 0 Å². The summed E-state index contributed by atoms with van der Waals surface area (Å²) in [5.74, 6) is 3.13. The number of fused-ring (bicyclic) bond motifs is 4. The fourth-order valence-corrected chi connectivity index (χ4v) is 4.14. The largest absolute Gasteiger partial charge is 0.453 e. The van der Waals surface area contributed by atoms with Crippen molar-refractivity contribution in [2.24, 2.45) is 0 Å². The Kier molecular flexibility index (Phi) is 3.24. The van der Waals surface area contributed by atoms with Crippen LogP contribution in [0.2, 0.25) is 0 Å². The van der Waals surface area contributed by atoms with E-state index in [4.69, 9.17) is 9.47 Å². The van der Waals surface area contributed by atoms with Crippen molar-refractivity contribution in [2.45, 2.75) is 0 Å². The predicted octanol–water partition coefficient (Wildman–Crippen LogP) is 7.66. The summed E-state index contributed by atoms with van der Waals surface area (Å²) in [6.45, 7) is 0. The van der Waals surface area contributed by atoms with E-state index in [0.29, 0.717) is 0 Å². The molecule has 0 saturated heterocycles. The summed E-state index contributed by atoms with van der Waals surface area (Å²) in [7, 11) is 0. The first kappa shape index (κ1) is 14.8. The van der Waals surface area contributed by atoms with E-state index < -0.39 is 0 Å². The molecule has 5 rings (SSSR count). The van der Waals surface area contributed by atoms with Crippen LogP contribution in [0.5, 0.6) is 23.0 Å². The Morgan fingerprint density at radius 1 is 0.583 bits per heavy atom. The van der Waals surface area contributed by atoms with Crippen LogP contribution in [0.3, 0.4) is 0 Å². The number of hydrogen-bond donors (Lipinski definition) is 0. The summed E-state index contributed by atoms with van der Waals surface area (Å²) in [5, 5.41) is 0. The van der Waals surface area contributed by atoms with E-state index in [2.05, 4.69) is 52.7 Å². The Bertz CT molecular complexity index is 943. The number of halogens is 3. The minimum Gasteiger partial charge on any atom is -0.453 e. The zero-order valence-electron chi connectivity index (χ0n) is 12.0.